The van der Waals surface area contributed by atoms with E-state index in [4.69, 9.17) is 4.74 Å². The van der Waals surface area contributed by atoms with Crippen molar-refractivity contribution >= 4 is 12.1 Å². The van der Waals surface area contributed by atoms with Crippen LogP contribution in [0.15, 0.2) is 48.5 Å². The normalized spacial score (nSPS) is 12.2. The summed E-state index contributed by atoms with van der Waals surface area (Å²) in [6, 6.07) is 16.2. The van der Waals surface area contributed by atoms with Gasteiger partial charge in [0.15, 0.2) is 6.73 Å². The number of ether oxygens (including phenoxy) is 2. The van der Waals surface area contributed by atoms with Crippen molar-refractivity contribution in [2.24, 2.45) is 0 Å². The largest absolute Gasteiger partial charge is 0.448 e. The molecule has 2 aromatic carbocycles. The second-order valence-electron chi connectivity index (χ2n) is 5.28. The Morgan fingerprint density at radius 3 is 2.09 bits per heavy atom. The number of esters is 1. The van der Waals surface area contributed by atoms with E-state index in [1.165, 1.54) is 18.1 Å². The van der Waals surface area contributed by atoms with Gasteiger partial charge in [0.1, 0.15) is 6.61 Å². The molecule has 1 aliphatic rings. The van der Waals surface area contributed by atoms with Crippen molar-refractivity contribution in [1.29, 1.82) is 0 Å². The molecule has 0 bridgehead atoms. The van der Waals surface area contributed by atoms with Crippen LogP contribution in [0.5, 0.6) is 0 Å². The minimum atomic E-state index is -0.604. The molecule has 5 nitrogen and oxygen atoms in total. The predicted octanol–water partition coefficient (Wildman–Crippen LogP) is 3.05. The van der Waals surface area contributed by atoms with E-state index in [-0.39, 0.29) is 19.3 Å². The number of alkyl carbamates (subject to hydrolysis) is 1. The lowest BCUT2D eigenvalue weighted by Crippen LogP contribution is -2.29. The molecule has 1 aliphatic carbocycles. The van der Waals surface area contributed by atoms with Crippen molar-refractivity contribution in [3.63, 3.8) is 0 Å². The molecule has 0 radical (unpaired) electrons. The lowest BCUT2D eigenvalue weighted by Gasteiger charge is -2.14. The van der Waals surface area contributed by atoms with Crippen molar-refractivity contribution in [1.82, 2.24) is 5.32 Å². The first-order valence-corrected chi connectivity index (χ1v) is 7.39. The average Bonchev–Trinajstić information content (AvgIpc) is 2.87. The van der Waals surface area contributed by atoms with Gasteiger partial charge in [-0.2, -0.15) is 0 Å². The highest BCUT2D eigenvalue weighted by atomic mass is 16.6. The van der Waals surface area contributed by atoms with E-state index < -0.39 is 12.1 Å². The maximum Gasteiger partial charge on any atom is 0.409 e. The van der Waals surface area contributed by atoms with Crippen molar-refractivity contribution in [3.8, 4) is 11.1 Å². The molecule has 1 N–H and O–H groups in total. The third-order valence-electron chi connectivity index (χ3n) is 3.84. The van der Waals surface area contributed by atoms with Crippen LogP contribution in [0.4, 0.5) is 4.79 Å². The molecule has 0 aliphatic heterocycles. The molecule has 2 aromatic rings. The summed E-state index contributed by atoms with van der Waals surface area (Å²) in [6.45, 7) is 1.32. The fourth-order valence-corrected chi connectivity index (χ4v) is 2.85. The maximum atomic E-state index is 11.7. The fraction of sp³-hybridized carbons (Fsp3) is 0.222. The molecule has 0 fully saturated rings. The number of amides is 1. The van der Waals surface area contributed by atoms with E-state index >= 15 is 0 Å². The van der Waals surface area contributed by atoms with Crippen molar-refractivity contribution in [2.45, 2.75) is 12.8 Å². The molecule has 5 heteroatoms. The second-order valence-corrected chi connectivity index (χ2v) is 5.28. The molecular formula is C18H17NO4. The molecule has 0 saturated heterocycles. The molecule has 0 saturated carbocycles. The Balaban J connectivity index is 1.69. The predicted molar refractivity (Wildman–Crippen MR) is 84.8 cm³/mol. The summed E-state index contributed by atoms with van der Waals surface area (Å²) in [5.74, 6) is -0.439. The molecule has 0 aromatic heterocycles. The van der Waals surface area contributed by atoms with E-state index in [1.807, 2.05) is 24.3 Å². The number of carbonyl (C=O) groups excluding carboxylic acids is 2. The topological polar surface area (TPSA) is 64.6 Å². The zero-order valence-corrected chi connectivity index (χ0v) is 12.7. The molecule has 118 valence electrons. The lowest BCUT2D eigenvalue weighted by molar-refractivity contribution is -0.141. The van der Waals surface area contributed by atoms with Crippen molar-refractivity contribution < 1.29 is 19.1 Å². The highest BCUT2D eigenvalue weighted by molar-refractivity contribution is 5.79. The molecule has 0 unspecified atom stereocenters. The highest BCUT2D eigenvalue weighted by Gasteiger charge is 2.28. The molecule has 0 spiro atoms. The summed E-state index contributed by atoms with van der Waals surface area (Å²) >= 11 is 0. The number of hydrogen-bond donors (Lipinski definition) is 1. The lowest BCUT2D eigenvalue weighted by atomic mass is 9.98. The Kier molecular flexibility index (Phi) is 4.28. The van der Waals surface area contributed by atoms with Gasteiger partial charge in [-0.25, -0.2) is 4.79 Å². The first-order valence-electron chi connectivity index (χ1n) is 7.39. The van der Waals surface area contributed by atoms with Crippen molar-refractivity contribution in [2.75, 3.05) is 13.3 Å². The van der Waals surface area contributed by atoms with Gasteiger partial charge in [0.2, 0.25) is 0 Å². The standard InChI is InChI=1S/C18H17NO4/c1-12(20)23-11-19-18(21)22-10-17-15-8-4-2-6-13(15)14-7-3-5-9-16(14)17/h2-9,17H,10-11H2,1H3,(H,19,21). The van der Waals surface area contributed by atoms with Gasteiger partial charge in [-0.15, -0.1) is 0 Å². The van der Waals surface area contributed by atoms with Crippen LogP contribution in [0.25, 0.3) is 11.1 Å². The number of fused-ring (bicyclic) bond motifs is 3. The summed E-state index contributed by atoms with van der Waals surface area (Å²) in [7, 11) is 0. The van der Waals surface area contributed by atoms with Gasteiger partial charge in [-0.3, -0.25) is 10.1 Å². The minimum Gasteiger partial charge on any atom is -0.448 e. The second kappa shape index (κ2) is 6.52. The van der Waals surface area contributed by atoms with Crippen LogP contribution in [0, 0.1) is 0 Å². The van der Waals surface area contributed by atoms with Gasteiger partial charge in [-0.05, 0) is 22.3 Å². The number of rotatable bonds is 4. The highest BCUT2D eigenvalue weighted by Crippen LogP contribution is 2.44. The summed E-state index contributed by atoms with van der Waals surface area (Å²) in [5.41, 5.74) is 4.66. The Labute approximate surface area is 134 Å². The van der Waals surface area contributed by atoms with Gasteiger partial charge in [0.05, 0.1) is 0 Å². The summed E-state index contributed by atoms with van der Waals surface area (Å²) in [6.07, 6.45) is -0.604. The third-order valence-corrected chi connectivity index (χ3v) is 3.84. The van der Waals surface area contributed by atoms with Crippen LogP contribution in [-0.4, -0.2) is 25.4 Å². The van der Waals surface area contributed by atoms with Crippen LogP contribution in [0.2, 0.25) is 0 Å². The third kappa shape index (κ3) is 3.18. The first kappa shape index (κ1) is 15.1. The van der Waals surface area contributed by atoms with Gasteiger partial charge < -0.3 is 9.47 Å². The number of nitrogens with one attached hydrogen (secondary N) is 1. The van der Waals surface area contributed by atoms with Crippen LogP contribution in [0.3, 0.4) is 0 Å². The first-order chi connectivity index (χ1) is 11.2. The molecule has 23 heavy (non-hydrogen) atoms. The Morgan fingerprint density at radius 2 is 1.52 bits per heavy atom. The average molecular weight is 311 g/mol. The molecular weight excluding hydrogens is 294 g/mol. The number of hydrogen-bond acceptors (Lipinski definition) is 4. The van der Waals surface area contributed by atoms with Crippen LogP contribution >= 0.6 is 0 Å². The fourth-order valence-electron chi connectivity index (χ4n) is 2.85. The maximum absolute atomic E-state index is 11.7. The van der Waals surface area contributed by atoms with Gasteiger partial charge in [0.25, 0.3) is 0 Å². The van der Waals surface area contributed by atoms with Gasteiger partial charge >= 0.3 is 12.1 Å². The Bertz CT molecular complexity index is 696. The SMILES string of the molecule is CC(=O)OCNC(=O)OCC1c2ccccc2-c2ccccc21. The van der Waals surface area contributed by atoms with E-state index in [1.54, 1.807) is 0 Å². The van der Waals surface area contributed by atoms with E-state index in [0.29, 0.717) is 0 Å². The summed E-state index contributed by atoms with van der Waals surface area (Å²) < 4.78 is 9.93. The molecule has 0 atom stereocenters. The quantitative estimate of drug-likeness (QED) is 0.696. The van der Waals surface area contributed by atoms with E-state index in [9.17, 15) is 9.59 Å². The Morgan fingerprint density at radius 1 is 0.957 bits per heavy atom. The zero-order valence-electron chi connectivity index (χ0n) is 12.7. The number of carbonyl (C=O) groups is 2. The minimum absolute atomic E-state index is 0.0156. The zero-order chi connectivity index (χ0) is 16.2. The number of benzene rings is 2. The van der Waals surface area contributed by atoms with Gasteiger partial charge in [-0.1, -0.05) is 48.5 Å². The van der Waals surface area contributed by atoms with Gasteiger partial charge in [0, 0.05) is 12.8 Å². The molecule has 1 amide bonds. The monoisotopic (exact) mass is 311 g/mol. The van der Waals surface area contributed by atoms with Crippen molar-refractivity contribution in [3.05, 3.63) is 59.7 Å². The van der Waals surface area contributed by atoms with Crippen LogP contribution < -0.4 is 5.32 Å². The Hall–Kier alpha value is -2.82. The van der Waals surface area contributed by atoms with Crippen LogP contribution in [-0.2, 0) is 14.3 Å². The van der Waals surface area contributed by atoms with E-state index in [0.717, 1.165) is 11.1 Å². The van der Waals surface area contributed by atoms with E-state index in [2.05, 4.69) is 34.3 Å². The van der Waals surface area contributed by atoms with Crippen LogP contribution in [0.1, 0.15) is 24.0 Å². The summed E-state index contributed by atoms with van der Waals surface area (Å²) in [5, 5.41) is 2.38. The summed E-state index contributed by atoms with van der Waals surface area (Å²) in [4.78, 5) is 22.3. The smallest absolute Gasteiger partial charge is 0.409 e. The molecule has 3 rings (SSSR count). The molecule has 0 heterocycles.